The van der Waals surface area contributed by atoms with Gasteiger partial charge in [0.1, 0.15) is 5.82 Å². The molecule has 2 N–H and O–H groups in total. The lowest BCUT2D eigenvalue weighted by Gasteiger charge is -2.30. The maximum Gasteiger partial charge on any atom is 0.229 e. The number of hydrogen-bond donors (Lipinski definition) is 2. The van der Waals surface area contributed by atoms with Gasteiger partial charge in [0, 0.05) is 55.1 Å². The Bertz CT molecular complexity index is 1130. The Morgan fingerprint density at radius 3 is 2.29 bits per heavy atom. The lowest BCUT2D eigenvalue weighted by Crippen LogP contribution is -2.34. The van der Waals surface area contributed by atoms with E-state index in [1.165, 1.54) is 11.1 Å². The fourth-order valence-electron chi connectivity index (χ4n) is 4.49. The van der Waals surface area contributed by atoms with E-state index in [2.05, 4.69) is 39.1 Å². The van der Waals surface area contributed by atoms with Gasteiger partial charge in [0.25, 0.3) is 0 Å². The van der Waals surface area contributed by atoms with E-state index in [-0.39, 0.29) is 0 Å². The quantitative estimate of drug-likeness (QED) is 0.476. The molecule has 0 atom stereocenters. The molecule has 188 valence electrons. The highest BCUT2D eigenvalue weighted by molar-refractivity contribution is 5.66. The van der Waals surface area contributed by atoms with Crippen LogP contribution in [0.1, 0.15) is 29.5 Å². The van der Waals surface area contributed by atoms with Crippen molar-refractivity contribution in [3.8, 4) is 23.1 Å². The van der Waals surface area contributed by atoms with E-state index in [9.17, 15) is 5.11 Å². The first-order chi connectivity index (χ1) is 16.9. The van der Waals surface area contributed by atoms with E-state index in [0.717, 1.165) is 49.5 Å². The van der Waals surface area contributed by atoms with E-state index < -0.39 is 0 Å². The Morgan fingerprint density at radius 1 is 1.00 bits per heavy atom. The molecule has 3 aromatic rings. The molecule has 1 aliphatic rings. The lowest BCUT2D eigenvalue weighted by atomic mass is 9.97. The van der Waals surface area contributed by atoms with Crippen molar-refractivity contribution in [1.82, 2.24) is 19.4 Å². The minimum Gasteiger partial charge on any atom is -0.493 e. The number of benzene rings is 1. The van der Waals surface area contributed by atoms with Crippen molar-refractivity contribution in [3.05, 3.63) is 47.4 Å². The molecule has 2 aromatic heterocycles. The van der Waals surface area contributed by atoms with Crippen molar-refractivity contribution in [2.45, 2.75) is 33.2 Å². The second kappa shape index (κ2) is 11.0. The Kier molecular flexibility index (Phi) is 7.77. The summed E-state index contributed by atoms with van der Waals surface area (Å²) in [7, 11) is 4.75. The summed E-state index contributed by atoms with van der Waals surface area (Å²) in [6.45, 7) is 7.38. The van der Waals surface area contributed by atoms with Crippen LogP contribution >= 0.6 is 0 Å². The number of aromatic nitrogens is 3. The van der Waals surface area contributed by atoms with E-state index >= 15 is 0 Å². The fraction of sp³-hybridized carbons (Fsp3) is 0.462. The third-order valence-electron chi connectivity index (χ3n) is 6.60. The molecule has 0 aliphatic carbocycles. The molecule has 9 nitrogen and oxygen atoms in total. The van der Waals surface area contributed by atoms with E-state index in [1.54, 1.807) is 21.3 Å². The van der Waals surface area contributed by atoms with Crippen molar-refractivity contribution in [1.29, 1.82) is 0 Å². The number of nitrogens with zero attached hydrogens (tertiary/aromatic N) is 4. The Hall–Kier alpha value is -3.30. The van der Waals surface area contributed by atoms with Gasteiger partial charge < -0.3 is 29.2 Å². The summed E-state index contributed by atoms with van der Waals surface area (Å²) >= 11 is 0. The van der Waals surface area contributed by atoms with Crippen molar-refractivity contribution >= 4 is 11.6 Å². The Balaban J connectivity index is 1.55. The number of rotatable bonds is 9. The predicted molar refractivity (Wildman–Crippen MR) is 135 cm³/mol. The summed E-state index contributed by atoms with van der Waals surface area (Å²) in [5, 5.41) is 12.7. The second-order valence-electron chi connectivity index (χ2n) is 9.02. The van der Waals surface area contributed by atoms with Crippen molar-refractivity contribution in [2.24, 2.45) is 5.92 Å². The number of methoxy groups -OCH3 is 3. The van der Waals surface area contributed by atoms with Crippen LogP contribution in [0, 0.1) is 19.8 Å². The number of nitrogens with one attached hydrogen (secondary N) is 1. The predicted octanol–water partition coefficient (Wildman–Crippen LogP) is 3.86. The molecule has 0 unspecified atom stereocenters. The largest absolute Gasteiger partial charge is 0.493 e. The summed E-state index contributed by atoms with van der Waals surface area (Å²) in [6.07, 6.45) is 8.20. The van der Waals surface area contributed by atoms with Gasteiger partial charge in [0.05, 0.1) is 21.3 Å². The first kappa shape index (κ1) is 24.8. The number of aliphatic hydroxyl groups is 1. The van der Waals surface area contributed by atoms with E-state index in [1.807, 2.05) is 25.3 Å². The number of anilines is 2. The van der Waals surface area contributed by atoms with Gasteiger partial charge >= 0.3 is 0 Å². The number of aliphatic hydroxyl groups excluding tert-OH is 1. The third-order valence-corrected chi connectivity index (χ3v) is 6.60. The number of hydrogen-bond acceptors (Lipinski definition) is 8. The fourth-order valence-corrected chi connectivity index (χ4v) is 4.49. The zero-order valence-electron chi connectivity index (χ0n) is 21.2. The average molecular weight is 482 g/mol. The van der Waals surface area contributed by atoms with E-state index in [4.69, 9.17) is 19.2 Å². The number of piperidine rings is 1. The van der Waals surface area contributed by atoms with Gasteiger partial charge in [-0.1, -0.05) is 0 Å². The lowest BCUT2D eigenvalue weighted by molar-refractivity contribution is 0.127. The smallest absolute Gasteiger partial charge is 0.229 e. The molecular weight excluding hydrogens is 446 g/mol. The Labute approximate surface area is 206 Å². The minimum absolute atomic E-state index is 0.294. The number of aryl methyl sites for hydroxylation is 2. The highest BCUT2D eigenvalue weighted by Crippen LogP contribution is 2.40. The second-order valence-corrected chi connectivity index (χ2v) is 9.02. The van der Waals surface area contributed by atoms with Crippen LogP contribution in [0.2, 0.25) is 0 Å². The monoisotopic (exact) mass is 481 g/mol. The molecule has 1 aromatic carbocycles. The Morgan fingerprint density at radius 2 is 1.69 bits per heavy atom. The molecule has 1 aliphatic heterocycles. The summed E-state index contributed by atoms with van der Waals surface area (Å²) in [5.41, 5.74) is 4.21. The van der Waals surface area contributed by atoms with Crippen LogP contribution < -0.4 is 19.5 Å². The van der Waals surface area contributed by atoms with Crippen molar-refractivity contribution < 1.29 is 19.3 Å². The first-order valence-electron chi connectivity index (χ1n) is 11.9. The number of ether oxygens (including phenoxy) is 3. The topological polar surface area (TPSA) is 93.9 Å². The van der Waals surface area contributed by atoms with E-state index in [0.29, 0.717) is 35.7 Å². The normalized spacial score (nSPS) is 14.7. The molecule has 0 saturated carbocycles. The van der Waals surface area contributed by atoms with Crippen LogP contribution in [0.25, 0.3) is 5.82 Å². The molecular formula is C26H35N5O4. The molecule has 3 heterocycles. The summed E-state index contributed by atoms with van der Waals surface area (Å²) < 4.78 is 18.4. The highest BCUT2D eigenvalue weighted by atomic mass is 16.5. The first-order valence-corrected chi connectivity index (χ1v) is 11.9. The van der Waals surface area contributed by atoms with Crippen LogP contribution in [0.5, 0.6) is 17.2 Å². The molecule has 0 spiro atoms. The van der Waals surface area contributed by atoms with Gasteiger partial charge in [0.2, 0.25) is 11.7 Å². The SMILES string of the molecule is COc1cc(Nc2ncc(C)c(-n3cc(C)c(CN4CCC(CO)CC4)c3)n2)cc(OC)c1OC. The maximum absolute atomic E-state index is 9.40. The summed E-state index contributed by atoms with van der Waals surface area (Å²) in [6, 6.07) is 3.64. The van der Waals surface area contributed by atoms with Crippen molar-refractivity contribution in [3.63, 3.8) is 0 Å². The zero-order valence-corrected chi connectivity index (χ0v) is 21.2. The number of likely N-dealkylation sites (tertiary alicyclic amines) is 1. The van der Waals surface area contributed by atoms with Crippen LogP contribution in [0.3, 0.4) is 0 Å². The van der Waals surface area contributed by atoms with Crippen LogP contribution in [-0.4, -0.2) is 65.6 Å². The maximum atomic E-state index is 9.40. The van der Waals surface area contributed by atoms with Crippen LogP contribution in [0.4, 0.5) is 11.6 Å². The van der Waals surface area contributed by atoms with Crippen LogP contribution in [0.15, 0.2) is 30.7 Å². The molecule has 4 rings (SSSR count). The molecule has 1 fully saturated rings. The highest BCUT2D eigenvalue weighted by Gasteiger charge is 2.20. The standard InChI is InChI=1S/C26H35N5O4/c1-17-12-27-26(28-21-10-22(33-3)24(35-5)23(11-21)34-4)29-25(17)31-13-18(2)20(15-31)14-30-8-6-19(16-32)7-9-30/h10-13,15,19,32H,6-9,14,16H2,1-5H3,(H,27,28,29). The van der Waals surface area contributed by atoms with Gasteiger partial charge in [-0.25, -0.2) is 4.98 Å². The molecule has 0 bridgehead atoms. The van der Waals surface area contributed by atoms with Crippen LogP contribution in [-0.2, 0) is 6.54 Å². The van der Waals surface area contributed by atoms with Gasteiger partial charge in [-0.2, -0.15) is 4.98 Å². The van der Waals surface area contributed by atoms with Gasteiger partial charge in [0.15, 0.2) is 11.5 Å². The molecule has 35 heavy (non-hydrogen) atoms. The minimum atomic E-state index is 0.294. The van der Waals surface area contributed by atoms with Crippen molar-refractivity contribution in [2.75, 3.05) is 46.3 Å². The molecule has 0 amide bonds. The van der Waals surface area contributed by atoms with Gasteiger partial charge in [-0.05, 0) is 56.8 Å². The zero-order chi connectivity index (χ0) is 24.9. The summed E-state index contributed by atoms with van der Waals surface area (Å²) in [4.78, 5) is 11.7. The third kappa shape index (κ3) is 5.52. The molecule has 9 heteroatoms. The van der Waals surface area contributed by atoms with Gasteiger partial charge in [-0.15, -0.1) is 0 Å². The summed E-state index contributed by atoms with van der Waals surface area (Å²) in [5.74, 6) is 3.37. The molecule has 0 radical (unpaired) electrons. The van der Waals surface area contributed by atoms with Gasteiger partial charge in [-0.3, -0.25) is 4.90 Å². The average Bonchev–Trinajstić information content (AvgIpc) is 3.24. The molecule has 1 saturated heterocycles.